The smallest absolute Gasteiger partial charge is 0.226 e. The summed E-state index contributed by atoms with van der Waals surface area (Å²) in [4.78, 5) is 12.1. The molecule has 1 unspecified atom stereocenters. The van der Waals surface area contributed by atoms with Gasteiger partial charge >= 0.3 is 0 Å². The quantitative estimate of drug-likeness (QED) is 0.812. The van der Waals surface area contributed by atoms with Crippen molar-refractivity contribution in [1.82, 2.24) is 5.32 Å². The minimum atomic E-state index is -0.520. The predicted octanol–water partition coefficient (Wildman–Crippen LogP) is 0.797. The van der Waals surface area contributed by atoms with Crippen LogP contribution < -0.4 is 5.32 Å². The molecule has 1 aromatic rings. The molecule has 0 bridgehead atoms. The third kappa shape index (κ3) is 2.02. The summed E-state index contributed by atoms with van der Waals surface area (Å²) in [6.45, 7) is 1.15. The van der Waals surface area contributed by atoms with Crippen molar-refractivity contribution in [3.8, 4) is 0 Å². The molecule has 1 aliphatic carbocycles. The van der Waals surface area contributed by atoms with Crippen molar-refractivity contribution in [1.29, 1.82) is 0 Å². The highest BCUT2D eigenvalue weighted by atomic mass is 16.5. The summed E-state index contributed by atoms with van der Waals surface area (Å²) >= 11 is 0. The topological polar surface area (TPSA) is 58.6 Å². The number of aliphatic hydroxyl groups excluding tert-OH is 1. The average Bonchev–Trinajstić information content (AvgIpc) is 2.98. The van der Waals surface area contributed by atoms with Gasteiger partial charge in [0.2, 0.25) is 5.91 Å². The fraction of sp³-hybridized carbons (Fsp3) is 0.500. The number of benzene rings is 1. The molecule has 4 nitrogen and oxygen atoms in total. The van der Waals surface area contributed by atoms with Crippen LogP contribution in [0, 0.1) is 5.92 Å². The van der Waals surface area contributed by atoms with E-state index in [0.717, 1.165) is 17.5 Å². The molecule has 3 atom stereocenters. The number of carbonyl (C=O) groups excluding carboxylic acids is 1. The zero-order valence-electron chi connectivity index (χ0n) is 10.1. The van der Waals surface area contributed by atoms with Gasteiger partial charge in [-0.3, -0.25) is 4.79 Å². The summed E-state index contributed by atoms with van der Waals surface area (Å²) < 4.78 is 5.22. The van der Waals surface area contributed by atoms with E-state index in [1.165, 1.54) is 0 Å². The highest BCUT2D eigenvalue weighted by Gasteiger charge is 2.34. The van der Waals surface area contributed by atoms with Gasteiger partial charge in [0.1, 0.15) is 0 Å². The third-order valence-corrected chi connectivity index (χ3v) is 3.80. The van der Waals surface area contributed by atoms with E-state index in [2.05, 4.69) is 5.32 Å². The number of nitrogens with one attached hydrogen (secondary N) is 1. The van der Waals surface area contributed by atoms with Crippen LogP contribution in [-0.4, -0.2) is 30.3 Å². The number of fused-ring (bicyclic) bond motifs is 1. The van der Waals surface area contributed by atoms with Gasteiger partial charge in [-0.2, -0.15) is 0 Å². The molecule has 0 aromatic heterocycles. The monoisotopic (exact) mass is 247 g/mol. The minimum absolute atomic E-state index is 0.00625. The normalized spacial score (nSPS) is 30.2. The van der Waals surface area contributed by atoms with Crippen molar-refractivity contribution < 1.29 is 14.6 Å². The molecule has 1 aliphatic heterocycles. The van der Waals surface area contributed by atoms with Crippen LogP contribution in [0.15, 0.2) is 24.3 Å². The molecule has 3 rings (SSSR count). The molecule has 0 saturated carbocycles. The van der Waals surface area contributed by atoms with E-state index < -0.39 is 6.10 Å². The molecule has 0 spiro atoms. The Morgan fingerprint density at radius 3 is 3.00 bits per heavy atom. The predicted molar refractivity (Wildman–Crippen MR) is 66.0 cm³/mol. The van der Waals surface area contributed by atoms with Gasteiger partial charge in [-0.15, -0.1) is 0 Å². The fourth-order valence-corrected chi connectivity index (χ4v) is 2.76. The summed E-state index contributed by atoms with van der Waals surface area (Å²) in [6, 6.07) is 7.61. The van der Waals surface area contributed by atoms with E-state index in [-0.39, 0.29) is 17.9 Å². The van der Waals surface area contributed by atoms with Crippen LogP contribution in [0.5, 0.6) is 0 Å². The molecule has 1 aromatic carbocycles. The summed E-state index contributed by atoms with van der Waals surface area (Å²) in [6.07, 6.45) is 0.868. The Bertz CT molecular complexity index is 454. The molecule has 1 fully saturated rings. The number of aliphatic hydroxyl groups is 1. The first-order chi connectivity index (χ1) is 8.75. The number of carbonyl (C=O) groups is 1. The largest absolute Gasteiger partial charge is 0.390 e. The molecule has 4 heteroatoms. The highest BCUT2D eigenvalue weighted by molar-refractivity contribution is 5.79. The number of amides is 1. The van der Waals surface area contributed by atoms with Crippen LogP contribution in [-0.2, 0) is 16.0 Å². The first-order valence-corrected chi connectivity index (χ1v) is 6.39. The SMILES string of the molecule is O=C(N[C@@H]1c2ccccc2C[C@@H]1O)C1CCOC1. The van der Waals surface area contributed by atoms with Crippen LogP contribution in [0.1, 0.15) is 23.6 Å². The molecule has 1 amide bonds. The lowest BCUT2D eigenvalue weighted by Gasteiger charge is -2.19. The number of rotatable bonds is 2. The summed E-state index contributed by atoms with van der Waals surface area (Å²) in [5.74, 6) is -0.0711. The fourth-order valence-electron chi connectivity index (χ4n) is 2.76. The Morgan fingerprint density at radius 1 is 1.39 bits per heavy atom. The molecule has 2 N–H and O–H groups in total. The second kappa shape index (κ2) is 4.71. The number of ether oxygens (including phenoxy) is 1. The summed E-state index contributed by atoms with van der Waals surface area (Å²) in [5.41, 5.74) is 2.16. The third-order valence-electron chi connectivity index (χ3n) is 3.80. The Kier molecular flexibility index (Phi) is 3.06. The van der Waals surface area contributed by atoms with Crippen molar-refractivity contribution in [3.05, 3.63) is 35.4 Å². The molecule has 1 heterocycles. The van der Waals surface area contributed by atoms with E-state index >= 15 is 0 Å². The lowest BCUT2D eigenvalue weighted by Crippen LogP contribution is -2.38. The average molecular weight is 247 g/mol. The molecule has 18 heavy (non-hydrogen) atoms. The van der Waals surface area contributed by atoms with Crippen LogP contribution in [0.3, 0.4) is 0 Å². The van der Waals surface area contributed by atoms with Gasteiger partial charge in [0.15, 0.2) is 0 Å². The minimum Gasteiger partial charge on any atom is -0.390 e. The summed E-state index contributed by atoms with van der Waals surface area (Å²) in [5, 5.41) is 13.0. The zero-order valence-corrected chi connectivity index (χ0v) is 10.1. The maximum absolute atomic E-state index is 12.1. The zero-order chi connectivity index (χ0) is 12.5. The van der Waals surface area contributed by atoms with Crippen molar-refractivity contribution >= 4 is 5.91 Å². The van der Waals surface area contributed by atoms with Gasteiger partial charge in [0.25, 0.3) is 0 Å². The second-order valence-corrected chi connectivity index (χ2v) is 5.02. The van der Waals surface area contributed by atoms with Crippen LogP contribution in [0.2, 0.25) is 0 Å². The van der Waals surface area contributed by atoms with E-state index in [4.69, 9.17) is 4.74 Å². The van der Waals surface area contributed by atoms with Crippen molar-refractivity contribution in [2.75, 3.05) is 13.2 Å². The molecular formula is C14H17NO3. The van der Waals surface area contributed by atoms with Gasteiger partial charge in [-0.25, -0.2) is 0 Å². The Labute approximate surface area is 106 Å². The molecule has 0 radical (unpaired) electrons. The Balaban J connectivity index is 1.74. The molecule has 1 saturated heterocycles. The van der Waals surface area contributed by atoms with Crippen LogP contribution >= 0.6 is 0 Å². The van der Waals surface area contributed by atoms with Crippen LogP contribution in [0.4, 0.5) is 0 Å². The van der Waals surface area contributed by atoms with E-state index in [0.29, 0.717) is 19.6 Å². The Hall–Kier alpha value is -1.39. The van der Waals surface area contributed by atoms with Crippen molar-refractivity contribution in [2.24, 2.45) is 5.92 Å². The van der Waals surface area contributed by atoms with E-state index in [9.17, 15) is 9.90 Å². The lowest BCUT2D eigenvalue weighted by atomic mass is 10.0. The van der Waals surface area contributed by atoms with Crippen molar-refractivity contribution in [2.45, 2.75) is 25.0 Å². The van der Waals surface area contributed by atoms with Gasteiger partial charge < -0.3 is 15.2 Å². The van der Waals surface area contributed by atoms with E-state index in [1.807, 2.05) is 24.3 Å². The molecule has 96 valence electrons. The highest BCUT2D eigenvalue weighted by Crippen LogP contribution is 2.31. The first-order valence-electron chi connectivity index (χ1n) is 6.39. The second-order valence-electron chi connectivity index (χ2n) is 5.02. The van der Waals surface area contributed by atoms with Gasteiger partial charge in [-0.1, -0.05) is 24.3 Å². The maximum atomic E-state index is 12.1. The van der Waals surface area contributed by atoms with Gasteiger partial charge in [0.05, 0.1) is 24.7 Å². The van der Waals surface area contributed by atoms with Crippen molar-refractivity contribution in [3.63, 3.8) is 0 Å². The Morgan fingerprint density at radius 2 is 2.22 bits per heavy atom. The number of hydrogen-bond acceptors (Lipinski definition) is 3. The van der Waals surface area contributed by atoms with Crippen LogP contribution in [0.25, 0.3) is 0 Å². The molecular weight excluding hydrogens is 230 g/mol. The summed E-state index contributed by atoms with van der Waals surface area (Å²) in [7, 11) is 0. The first kappa shape index (κ1) is 11.7. The van der Waals surface area contributed by atoms with Gasteiger partial charge in [-0.05, 0) is 17.5 Å². The lowest BCUT2D eigenvalue weighted by molar-refractivity contribution is -0.126. The standard InChI is InChI=1S/C14H17NO3/c16-12-7-9-3-1-2-4-11(9)13(12)15-14(17)10-5-6-18-8-10/h1-4,10,12-13,16H,5-8H2,(H,15,17)/t10?,12-,13+/m0/s1. The maximum Gasteiger partial charge on any atom is 0.226 e. The number of hydrogen-bond donors (Lipinski definition) is 2. The van der Waals surface area contributed by atoms with Gasteiger partial charge in [0, 0.05) is 13.0 Å². The molecule has 2 aliphatic rings. The van der Waals surface area contributed by atoms with E-state index in [1.54, 1.807) is 0 Å².